The molecule has 0 saturated heterocycles. The number of anilines is 2. The number of carbonyl (C=O) groups excluding carboxylic acids is 2. The Balaban J connectivity index is 1.46. The van der Waals surface area contributed by atoms with Crippen molar-refractivity contribution in [3.63, 3.8) is 0 Å². The van der Waals surface area contributed by atoms with E-state index in [-0.39, 0.29) is 34.2 Å². The molecule has 0 spiro atoms. The summed E-state index contributed by atoms with van der Waals surface area (Å²) in [5.74, 6) is -1.30. The smallest absolute Gasteiger partial charge is 0.337 e. The van der Waals surface area contributed by atoms with Crippen molar-refractivity contribution in [2.24, 2.45) is 5.73 Å². The molecule has 2 aromatic carbocycles. The lowest BCUT2D eigenvalue weighted by molar-refractivity contribution is -0.116. The molecule has 1 aromatic heterocycles. The highest BCUT2D eigenvalue weighted by Crippen LogP contribution is 2.50. The molecule has 1 unspecified atom stereocenters. The third-order valence-electron chi connectivity index (χ3n) is 7.28. The molecule has 1 aliphatic carbocycles. The van der Waals surface area contributed by atoms with Gasteiger partial charge < -0.3 is 30.4 Å². The predicted octanol–water partition coefficient (Wildman–Crippen LogP) is 4.30. The molecule has 1 aliphatic heterocycles. The lowest BCUT2D eigenvalue weighted by atomic mass is 9.75. The fourth-order valence-corrected chi connectivity index (χ4v) is 7.03. The maximum atomic E-state index is 13.5. The van der Waals surface area contributed by atoms with Crippen LogP contribution in [0.4, 0.5) is 10.8 Å². The van der Waals surface area contributed by atoms with Crippen LogP contribution in [0.25, 0.3) is 0 Å². The second-order valence-corrected chi connectivity index (χ2v) is 12.0. The highest BCUT2D eigenvalue weighted by molar-refractivity contribution is 8.01. The van der Waals surface area contributed by atoms with Gasteiger partial charge in [0.15, 0.2) is 21.6 Å². The summed E-state index contributed by atoms with van der Waals surface area (Å²) < 4.78 is 17.0. The Morgan fingerprint density at radius 2 is 1.87 bits per heavy atom. The summed E-state index contributed by atoms with van der Waals surface area (Å²) in [4.78, 5) is 39.2. The Morgan fingerprint density at radius 1 is 1.16 bits per heavy atom. The molecule has 232 valence electrons. The number of benzene rings is 2. The van der Waals surface area contributed by atoms with E-state index < -0.39 is 17.8 Å². The fourth-order valence-electron chi connectivity index (χ4n) is 5.35. The molecule has 3 aromatic rings. The van der Waals surface area contributed by atoms with Crippen molar-refractivity contribution in [3.8, 4) is 23.3 Å². The van der Waals surface area contributed by atoms with Gasteiger partial charge in [0.1, 0.15) is 5.82 Å². The van der Waals surface area contributed by atoms with E-state index in [0.717, 1.165) is 23.1 Å². The monoisotopic (exact) mass is 648 g/mol. The number of rotatable bonds is 10. The second kappa shape index (κ2) is 13.3. The molecule has 0 fully saturated rings. The topological polar surface area (TPSA) is 190 Å². The first-order chi connectivity index (χ1) is 21.7. The zero-order valence-electron chi connectivity index (χ0n) is 24.4. The number of carboxylic acid groups (broad SMARTS) is 1. The quantitative estimate of drug-likeness (QED) is 0.264. The van der Waals surface area contributed by atoms with Crippen LogP contribution in [0.1, 0.15) is 41.1 Å². The third-order valence-corrected chi connectivity index (χ3v) is 9.32. The number of ketones is 1. The number of aromatic carboxylic acids is 1. The normalized spacial score (nSPS) is 16.2. The minimum Gasteiger partial charge on any atom is -0.493 e. The van der Waals surface area contributed by atoms with Crippen LogP contribution in [-0.2, 0) is 9.59 Å². The molecule has 1 atom stereocenters. The van der Waals surface area contributed by atoms with Crippen molar-refractivity contribution in [2.45, 2.75) is 29.5 Å². The Morgan fingerprint density at radius 3 is 2.51 bits per heavy atom. The average molecular weight is 649 g/mol. The van der Waals surface area contributed by atoms with Crippen molar-refractivity contribution in [2.75, 3.05) is 37.3 Å². The minimum absolute atomic E-state index is 0.0225. The van der Waals surface area contributed by atoms with Gasteiger partial charge in [0, 0.05) is 17.7 Å². The van der Waals surface area contributed by atoms with Crippen LogP contribution < -0.4 is 30.2 Å². The number of hydrogen-bond donors (Lipinski definition) is 3. The SMILES string of the molecule is COc1cc(C2C(C#N)=C(N)N(c3nnc(SCC(=O)Nc4ccccc4C(=O)O)s3)C3=C2C(=O)CCC3)cc(OC)c1OC. The zero-order chi connectivity index (χ0) is 32.2. The molecule has 2 aliphatic rings. The maximum absolute atomic E-state index is 13.5. The number of thioether (sulfide) groups is 1. The number of methoxy groups -OCH3 is 3. The lowest BCUT2D eigenvalue weighted by Gasteiger charge is -2.38. The van der Waals surface area contributed by atoms with E-state index in [4.69, 9.17) is 19.9 Å². The Kier molecular flexibility index (Phi) is 9.26. The van der Waals surface area contributed by atoms with E-state index in [1.165, 1.54) is 33.5 Å². The van der Waals surface area contributed by atoms with E-state index >= 15 is 0 Å². The Labute approximate surface area is 266 Å². The summed E-state index contributed by atoms with van der Waals surface area (Å²) in [5, 5.41) is 31.2. The first-order valence-electron chi connectivity index (χ1n) is 13.6. The largest absolute Gasteiger partial charge is 0.493 e. The van der Waals surface area contributed by atoms with Gasteiger partial charge >= 0.3 is 5.97 Å². The van der Waals surface area contributed by atoms with E-state index in [0.29, 0.717) is 62.8 Å². The summed E-state index contributed by atoms with van der Waals surface area (Å²) in [7, 11) is 4.46. The number of amides is 1. The highest BCUT2D eigenvalue weighted by Gasteiger charge is 2.42. The van der Waals surface area contributed by atoms with Gasteiger partial charge in [-0.15, -0.1) is 10.2 Å². The van der Waals surface area contributed by atoms with Gasteiger partial charge in [-0.1, -0.05) is 35.2 Å². The van der Waals surface area contributed by atoms with Crippen LogP contribution in [0.15, 0.2) is 63.4 Å². The highest BCUT2D eigenvalue weighted by atomic mass is 32.2. The number of aromatic nitrogens is 2. The van der Waals surface area contributed by atoms with Crippen LogP contribution in [0, 0.1) is 11.3 Å². The zero-order valence-corrected chi connectivity index (χ0v) is 26.1. The standard InChI is InChI=1S/C30H28N6O7S2/c1-41-21-11-15(12-22(42-2)26(21)43-3)24-17(13-31)27(32)36(19-9-6-10-20(37)25(19)24)29-34-35-30(45-29)44-14-23(38)33-18-8-5-4-7-16(18)28(39)40/h4-5,7-8,11-12,24H,6,9-10,14,32H2,1-3H3,(H,33,38)(H,39,40). The van der Waals surface area contributed by atoms with Gasteiger partial charge in [-0.2, -0.15) is 5.26 Å². The number of nitrogens with two attached hydrogens (primary N) is 1. The Bertz CT molecular complexity index is 1770. The van der Waals surface area contributed by atoms with Crippen molar-refractivity contribution < 1.29 is 33.7 Å². The molecule has 15 heteroatoms. The maximum Gasteiger partial charge on any atom is 0.337 e. The third kappa shape index (κ3) is 6.02. The predicted molar refractivity (Wildman–Crippen MR) is 167 cm³/mol. The second-order valence-electron chi connectivity index (χ2n) is 9.81. The molecule has 4 N–H and O–H groups in total. The lowest BCUT2D eigenvalue weighted by Crippen LogP contribution is -2.38. The van der Waals surface area contributed by atoms with Crippen molar-refractivity contribution in [3.05, 3.63) is 70.2 Å². The number of hydrogen-bond acceptors (Lipinski definition) is 13. The Hall–Kier alpha value is -5.07. The summed E-state index contributed by atoms with van der Waals surface area (Å²) in [6.45, 7) is 0. The average Bonchev–Trinajstić information content (AvgIpc) is 3.51. The first kappa shape index (κ1) is 31.4. The summed E-state index contributed by atoms with van der Waals surface area (Å²) in [6, 6.07) is 11.7. The molecule has 5 rings (SSSR count). The molecular weight excluding hydrogens is 620 g/mol. The summed E-state index contributed by atoms with van der Waals surface area (Å²) in [6.07, 6.45) is 1.40. The number of ether oxygens (including phenoxy) is 3. The van der Waals surface area contributed by atoms with Gasteiger partial charge in [-0.05, 0) is 42.7 Å². The molecular formula is C30H28N6O7S2. The summed E-state index contributed by atoms with van der Waals surface area (Å²) >= 11 is 2.26. The molecule has 13 nitrogen and oxygen atoms in total. The summed E-state index contributed by atoms with van der Waals surface area (Å²) in [5.41, 5.74) is 8.62. The van der Waals surface area contributed by atoms with E-state index in [1.54, 1.807) is 29.2 Å². The van der Waals surface area contributed by atoms with Crippen LogP contribution in [-0.4, -0.2) is 60.0 Å². The number of para-hydroxylation sites is 1. The number of carbonyl (C=O) groups is 3. The minimum atomic E-state index is -1.15. The molecule has 2 heterocycles. The number of nitrogens with zero attached hydrogens (tertiary/aromatic N) is 4. The number of nitriles is 1. The van der Waals surface area contributed by atoms with Gasteiger partial charge in [-0.25, -0.2) is 4.79 Å². The van der Waals surface area contributed by atoms with Gasteiger partial charge in [-0.3, -0.25) is 14.5 Å². The number of nitrogens with one attached hydrogen (secondary N) is 1. The van der Waals surface area contributed by atoms with Crippen molar-refractivity contribution >= 4 is 51.6 Å². The van der Waals surface area contributed by atoms with E-state index in [9.17, 15) is 24.8 Å². The molecule has 0 saturated carbocycles. The van der Waals surface area contributed by atoms with Crippen LogP contribution in [0.5, 0.6) is 17.2 Å². The molecule has 0 radical (unpaired) electrons. The molecule has 1 amide bonds. The van der Waals surface area contributed by atoms with Crippen LogP contribution >= 0.6 is 23.1 Å². The van der Waals surface area contributed by atoms with Crippen molar-refractivity contribution in [1.82, 2.24) is 10.2 Å². The van der Waals surface area contributed by atoms with Gasteiger partial charge in [0.05, 0.1) is 55.9 Å². The van der Waals surface area contributed by atoms with Gasteiger partial charge in [0.25, 0.3) is 0 Å². The van der Waals surface area contributed by atoms with E-state index in [1.807, 2.05) is 0 Å². The molecule has 0 bridgehead atoms. The number of allylic oxidation sites excluding steroid dienone is 3. The first-order valence-corrected chi connectivity index (χ1v) is 15.4. The van der Waals surface area contributed by atoms with Crippen molar-refractivity contribution in [1.29, 1.82) is 5.26 Å². The fraction of sp³-hybridized carbons (Fsp3) is 0.267. The van der Waals surface area contributed by atoms with Crippen LogP contribution in [0.2, 0.25) is 0 Å². The van der Waals surface area contributed by atoms with Gasteiger partial charge in [0.2, 0.25) is 16.8 Å². The number of carboxylic acids is 1. The number of Topliss-reactive ketones (excluding diaryl/α,β-unsaturated/α-hetero) is 1. The van der Waals surface area contributed by atoms with Crippen LogP contribution in [0.3, 0.4) is 0 Å². The molecule has 45 heavy (non-hydrogen) atoms. The van der Waals surface area contributed by atoms with E-state index in [2.05, 4.69) is 21.6 Å².